The summed E-state index contributed by atoms with van der Waals surface area (Å²) >= 11 is 0. The molecule has 0 amide bonds. The van der Waals surface area contributed by atoms with Crippen molar-refractivity contribution in [3.05, 3.63) is 0 Å². The highest BCUT2D eigenvalue weighted by Crippen LogP contribution is 2.45. The van der Waals surface area contributed by atoms with E-state index >= 15 is 0 Å². The Morgan fingerprint density at radius 3 is 2.37 bits per heavy atom. The molecule has 2 nitrogen and oxygen atoms in total. The fraction of sp³-hybridized carbons (Fsp3) is 1.00. The van der Waals surface area contributed by atoms with Crippen molar-refractivity contribution in [2.75, 3.05) is 19.6 Å². The maximum absolute atomic E-state index is 3.80. The molecular formula is C17H30N2. The minimum absolute atomic E-state index is 0.779. The van der Waals surface area contributed by atoms with Crippen molar-refractivity contribution in [3.8, 4) is 0 Å². The van der Waals surface area contributed by atoms with Gasteiger partial charge in [0.05, 0.1) is 0 Å². The van der Waals surface area contributed by atoms with Crippen molar-refractivity contribution < 1.29 is 0 Å². The van der Waals surface area contributed by atoms with Gasteiger partial charge in [0, 0.05) is 18.6 Å². The van der Waals surface area contributed by atoms with Gasteiger partial charge >= 0.3 is 0 Å². The van der Waals surface area contributed by atoms with Gasteiger partial charge in [-0.1, -0.05) is 19.3 Å². The number of fused-ring (bicyclic) bond motifs is 2. The van der Waals surface area contributed by atoms with E-state index in [4.69, 9.17) is 0 Å². The molecule has 0 aromatic rings. The lowest BCUT2D eigenvalue weighted by atomic mass is 9.68. The Hall–Kier alpha value is -0.0800. The second kappa shape index (κ2) is 5.04. The average molecular weight is 262 g/mol. The number of likely N-dealkylation sites (tertiary alicyclic amines) is 1. The zero-order chi connectivity index (χ0) is 12.7. The second-order valence-corrected chi connectivity index (χ2v) is 7.90. The molecule has 3 heterocycles. The summed E-state index contributed by atoms with van der Waals surface area (Å²) in [6.07, 6.45) is 15.0. The standard InChI is InChI=1S/C17H30N2/c1-2-6-17(7-3-1)8-10-19(11-9-17)13-14-12-15-4-5-16(14)18-15/h14-16,18H,1-13H2. The van der Waals surface area contributed by atoms with Crippen LogP contribution in [0.4, 0.5) is 0 Å². The maximum atomic E-state index is 3.80. The largest absolute Gasteiger partial charge is 0.311 e. The highest BCUT2D eigenvalue weighted by molar-refractivity contribution is 4.99. The summed E-state index contributed by atoms with van der Waals surface area (Å²) in [5.41, 5.74) is 0.779. The molecule has 1 saturated carbocycles. The van der Waals surface area contributed by atoms with E-state index in [0.717, 1.165) is 23.4 Å². The van der Waals surface area contributed by atoms with Crippen molar-refractivity contribution >= 4 is 0 Å². The molecule has 4 aliphatic rings. The van der Waals surface area contributed by atoms with Gasteiger partial charge in [-0.15, -0.1) is 0 Å². The van der Waals surface area contributed by atoms with Crippen molar-refractivity contribution in [1.82, 2.24) is 10.2 Å². The third-order valence-corrected chi connectivity index (χ3v) is 6.76. The van der Waals surface area contributed by atoms with Crippen LogP contribution in [0.25, 0.3) is 0 Å². The Balaban J connectivity index is 1.28. The van der Waals surface area contributed by atoms with Crippen LogP contribution < -0.4 is 5.32 Å². The first-order chi connectivity index (χ1) is 9.33. The Morgan fingerprint density at radius 1 is 0.947 bits per heavy atom. The van der Waals surface area contributed by atoms with Crippen LogP contribution in [0.1, 0.15) is 64.2 Å². The Bertz CT molecular complexity index is 311. The average Bonchev–Trinajstić information content (AvgIpc) is 3.05. The van der Waals surface area contributed by atoms with E-state index in [-0.39, 0.29) is 0 Å². The summed E-state index contributed by atoms with van der Waals surface area (Å²) in [7, 11) is 0. The van der Waals surface area contributed by atoms with Gasteiger partial charge in [0.2, 0.25) is 0 Å². The predicted molar refractivity (Wildman–Crippen MR) is 79.2 cm³/mol. The zero-order valence-electron chi connectivity index (χ0n) is 12.4. The predicted octanol–water partition coefficient (Wildman–Crippen LogP) is 3.17. The molecule has 3 atom stereocenters. The van der Waals surface area contributed by atoms with Crippen LogP contribution in [-0.4, -0.2) is 36.6 Å². The monoisotopic (exact) mass is 262 g/mol. The minimum Gasteiger partial charge on any atom is -0.311 e. The topological polar surface area (TPSA) is 15.3 Å². The molecule has 2 bridgehead atoms. The first kappa shape index (κ1) is 12.6. The van der Waals surface area contributed by atoms with E-state index in [0.29, 0.717) is 0 Å². The van der Waals surface area contributed by atoms with Gasteiger partial charge in [-0.05, 0) is 69.4 Å². The molecule has 4 rings (SSSR count). The van der Waals surface area contributed by atoms with Gasteiger partial charge in [-0.2, -0.15) is 0 Å². The van der Waals surface area contributed by atoms with Gasteiger partial charge in [-0.3, -0.25) is 0 Å². The van der Waals surface area contributed by atoms with E-state index in [2.05, 4.69) is 10.2 Å². The van der Waals surface area contributed by atoms with E-state index in [1.165, 1.54) is 83.8 Å². The molecular weight excluding hydrogens is 232 g/mol. The van der Waals surface area contributed by atoms with Gasteiger partial charge in [0.25, 0.3) is 0 Å². The summed E-state index contributed by atoms with van der Waals surface area (Å²) in [5.74, 6) is 0.971. The van der Waals surface area contributed by atoms with E-state index in [9.17, 15) is 0 Å². The molecule has 0 aromatic carbocycles. The first-order valence-electron chi connectivity index (χ1n) is 8.81. The molecule has 2 heteroatoms. The van der Waals surface area contributed by atoms with Crippen LogP contribution in [0.5, 0.6) is 0 Å². The van der Waals surface area contributed by atoms with Crippen LogP contribution in [0, 0.1) is 11.3 Å². The SMILES string of the molecule is C1CCC2(CC1)CCN(CC1CC3CCC1N3)CC2. The molecule has 3 saturated heterocycles. The van der Waals surface area contributed by atoms with Crippen LogP contribution in [0.15, 0.2) is 0 Å². The molecule has 4 fully saturated rings. The summed E-state index contributed by atoms with van der Waals surface area (Å²) < 4.78 is 0. The molecule has 108 valence electrons. The summed E-state index contributed by atoms with van der Waals surface area (Å²) in [4.78, 5) is 2.80. The number of nitrogens with zero attached hydrogens (tertiary/aromatic N) is 1. The third kappa shape index (κ3) is 2.47. The Labute approximate surface area is 118 Å². The molecule has 19 heavy (non-hydrogen) atoms. The van der Waals surface area contributed by atoms with E-state index in [1.54, 1.807) is 0 Å². The molecule has 1 N–H and O–H groups in total. The Kier molecular flexibility index (Phi) is 3.35. The van der Waals surface area contributed by atoms with Crippen LogP contribution in [0.3, 0.4) is 0 Å². The first-order valence-corrected chi connectivity index (χ1v) is 8.81. The quantitative estimate of drug-likeness (QED) is 0.822. The summed E-state index contributed by atoms with van der Waals surface area (Å²) in [6.45, 7) is 4.19. The molecule has 3 aliphatic heterocycles. The Morgan fingerprint density at radius 2 is 1.74 bits per heavy atom. The van der Waals surface area contributed by atoms with Crippen LogP contribution in [0.2, 0.25) is 0 Å². The number of hydrogen-bond donors (Lipinski definition) is 1. The zero-order valence-corrected chi connectivity index (χ0v) is 12.4. The maximum Gasteiger partial charge on any atom is 0.0111 e. The molecule has 0 aromatic heterocycles. The molecule has 0 radical (unpaired) electrons. The lowest BCUT2D eigenvalue weighted by Gasteiger charge is -2.45. The van der Waals surface area contributed by atoms with Crippen molar-refractivity contribution in [2.45, 2.75) is 76.3 Å². The minimum atomic E-state index is 0.779. The number of rotatable bonds is 2. The molecule has 3 unspecified atom stereocenters. The van der Waals surface area contributed by atoms with Gasteiger partial charge in [-0.25, -0.2) is 0 Å². The number of piperidine rings is 1. The summed E-state index contributed by atoms with van der Waals surface area (Å²) in [6, 6.07) is 1.75. The lowest BCUT2D eigenvalue weighted by molar-refractivity contribution is 0.0575. The number of nitrogens with one attached hydrogen (secondary N) is 1. The van der Waals surface area contributed by atoms with E-state index in [1.807, 2.05) is 0 Å². The highest BCUT2D eigenvalue weighted by atomic mass is 15.2. The van der Waals surface area contributed by atoms with Gasteiger partial charge < -0.3 is 10.2 Å². The second-order valence-electron chi connectivity index (χ2n) is 7.90. The van der Waals surface area contributed by atoms with Gasteiger partial charge in [0.15, 0.2) is 0 Å². The van der Waals surface area contributed by atoms with Crippen LogP contribution in [-0.2, 0) is 0 Å². The normalized spacial score (nSPS) is 42.0. The van der Waals surface area contributed by atoms with Crippen molar-refractivity contribution in [2.24, 2.45) is 11.3 Å². The van der Waals surface area contributed by atoms with Crippen molar-refractivity contribution in [3.63, 3.8) is 0 Å². The third-order valence-electron chi connectivity index (χ3n) is 6.76. The van der Waals surface area contributed by atoms with Crippen molar-refractivity contribution in [1.29, 1.82) is 0 Å². The number of hydrogen-bond acceptors (Lipinski definition) is 2. The van der Waals surface area contributed by atoms with Gasteiger partial charge in [0.1, 0.15) is 0 Å². The lowest BCUT2D eigenvalue weighted by Crippen LogP contribution is -2.44. The molecule has 1 aliphatic carbocycles. The summed E-state index contributed by atoms with van der Waals surface area (Å²) in [5, 5.41) is 3.80. The molecule has 1 spiro atoms. The highest BCUT2D eigenvalue weighted by Gasteiger charge is 2.41. The van der Waals surface area contributed by atoms with E-state index < -0.39 is 0 Å². The van der Waals surface area contributed by atoms with Crippen LogP contribution >= 0.6 is 0 Å². The smallest absolute Gasteiger partial charge is 0.0111 e. The fourth-order valence-corrected chi connectivity index (χ4v) is 5.48. The fourth-order valence-electron chi connectivity index (χ4n) is 5.48.